The fraction of sp³-hybridized carbons (Fsp3) is 0.947. The average molecular weight is 304 g/mol. The van der Waals surface area contributed by atoms with Crippen molar-refractivity contribution in [1.29, 1.82) is 0 Å². The van der Waals surface area contributed by atoms with Crippen LogP contribution in [0, 0.1) is 6.42 Å². The summed E-state index contributed by atoms with van der Waals surface area (Å²) < 4.78 is 26.6. The second-order valence-electron chi connectivity index (χ2n) is 6.34. The fourth-order valence-corrected chi connectivity index (χ4v) is 2.66. The molecule has 0 bridgehead atoms. The van der Waals surface area contributed by atoms with E-state index in [0.717, 1.165) is 83.5 Å². The average Bonchev–Trinajstić information content (AvgIpc) is 2.47. The summed E-state index contributed by atoms with van der Waals surface area (Å²) in [6, 6.07) is 0. The number of hydrogen-bond donors (Lipinski definition) is 0. The molecule has 0 amide bonds. The molecule has 0 nitrogen and oxygen atoms in total. The topological polar surface area (TPSA) is 0 Å². The molecule has 0 saturated heterocycles. The van der Waals surface area contributed by atoms with Crippen LogP contribution in [0.15, 0.2) is 0 Å². The molecular formula is C19H37F2. The maximum Gasteiger partial charge on any atom is 0.100 e. The molecule has 0 N–H and O–H groups in total. The quantitative estimate of drug-likeness (QED) is 0.261. The molecule has 21 heavy (non-hydrogen) atoms. The van der Waals surface area contributed by atoms with Crippen LogP contribution in [-0.2, 0) is 0 Å². The molecule has 2 heteroatoms. The van der Waals surface area contributed by atoms with E-state index in [1.807, 2.05) is 6.92 Å². The Balaban J connectivity index is 3.12. The zero-order valence-corrected chi connectivity index (χ0v) is 14.4. The first kappa shape index (κ1) is 20.9. The minimum Gasteiger partial charge on any atom is -0.247 e. The van der Waals surface area contributed by atoms with E-state index in [0.29, 0.717) is 0 Å². The molecule has 0 saturated carbocycles. The summed E-state index contributed by atoms with van der Waals surface area (Å²) in [6.45, 7) is 4.15. The van der Waals surface area contributed by atoms with Gasteiger partial charge in [0.05, 0.1) is 0 Å². The summed E-state index contributed by atoms with van der Waals surface area (Å²) in [5.41, 5.74) is 0. The van der Waals surface area contributed by atoms with Crippen LogP contribution in [0.5, 0.6) is 0 Å². The summed E-state index contributed by atoms with van der Waals surface area (Å²) in [6.07, 6.45) is 14.9. The van der Waals surface area contributed by atoms with Gasteiger partial charge in [0, 0.05) is 0 Å². The summed E-state index contributed by atoms with van der Waals surface area (Å²) in [4.78, 5) is 0. The number of unbranched alkanes of at least 4 members (excludes halogenated alkanes) is 8. The van der Waals surface area contributed by atoms with E-state index >= 15 is 0 Å². The van der Waals surface area contributed by atoms with E-state index in [1.165, 1.54) is 6.42 Å². The van der Waals surface area contributed by atoms with Gasteiger partial charge in [0.25, 0.3) is 0 Å². The highest BCUT2D eigenvalue weighted by Gasteiger charge is 2.05. The monoisotopic (exact) mass is 303 g/mol. The highest BCUT2D eigenvalue weighted by molar-refractivity contribution is 4.66. The third-order valence-electron chi connectivity index (χ3n) is 4.07. The lowest BCUT2D eigenvalue weighted by atomic mass is 10.0. The lowest BCUT2D eigenvalue weighted by Crippen LogP contribution is -1.99. The van der Waals surface area contributed by atoms with Crippen molar-refractivity contribution in [2.24, 2.45) is 0 Å². The van der Waals surface area contributed by atoms with Gasteiger partial charge in [-0.15, -0.1) is 0 Å². The van der Waals surface area contributed by atoms with Crippen molar-refractivity contribution < 1.29 is 8.78 Å². The number of halogens is 2. The predicted octanol–water partition coefficient (Wildman–Crippen LogP) is 7.37. The fourth-order valence-electron chi connectivity index (χ4n) is 2.66. The first-order valence-electron chi connectivity index (χ1n) is 9.30. The first-order chi connectivity index (χ1) is 10.2. The van der Waals surface area contributed by atoms with Crippen LogP contribution in [0.4, 0.5) is 8.78 Å². The molecule has 2 atom stereocenters. The van der Waals surface area contributed by atoms with Crippen LogP contribution in [0.3, 0.4) is 0 Å². The Morgan fingerprint density at radius 1 is 0.619 bits per heavy atom. The molecule has 0 rings (SSSR count). The van der Waals surface area contributed by atoms with Crippen LogP contribution >= 0.6 is 0 Å². The molecular weight excluding hydrogens is 266 g/mol. The van der Waals surface area contributed by atoms with Gasteiger partial charge < -0.3 is 0 Å². The molecule has 0 fully saturated rings. The van der Waals surface area contributed by atoms with Crippen LogP contribution in [0.1, 0.15) is 104 Å². The smallest absolute Gasteiger partial charge is 0.100 e. The summed E-state index contributed by atoms with van der Waals surface area (Å²) >= 11 is 0. The van der Waals surface area contributed by atoms with Gasteiger partial charge in [0.15, 0.2) is 0 Å². The molecule has 0 aromatic heterocycles. The highest BCUT2D eigenvalue weighted by atomic mass is 19.1. The van der Waals surface area contributed by atoms with Crippen molar-refractivity contribution >= 4 is 0 Å². The van der Waals surface area contributed by atoms with Gasteiger partial charge in [0.1, 0.15) is 12.3 Å². The van der Waals surface area contributed by atoms with E-state index < -0.39 is 12.3 Å². The van der Waals surface area contributed by atoms with E-state index in [4.69, 9.17) is 0 Å². The van der Waals surface area contributed by atoms with Gasteiger partial charge in [-0.25, -0.2) is 8.78 Å². The van der Waals surface area contributed by atoms with Gasteiger partial charge in [-0.3, -0.25) is 0 Å². The zero-order chi connectivity index (χ0) is 15.8. The Kier molecular flexibility index (Phi) is 16.1. The molecule has 0 aromatic rings. The van der Waals surface area contributed by atoms with Crippen molar-refractivity contribution in [3.63, 3.8) is 0 Å². The molecule has 0 aliphatic rings. The molecule has 0 aliphatic carbocycles. The number of rotatable bonds is 16. The largest absolute Gasteiger partial charge is 0.247 e. The van der Waals surface area contributed by atoms with Crippen molar-refractivity contribution in [3.05, 3.63) is 6.42 Å². The highest BCUT2D eigenvalue weighted by Crippen LogP contribution is 2.16. The van der Waals surface area contributed by atoms with E-state index in [9.17, 15) is 8.78 Å². The summed E-state index contributed by atoms with van der Waals surface area (Å²) in [7, 11) is 0. The molecule has 0 aromatic carbocycles. The molecule has 0 heterocycles. The van der Waals surface area contributed by atoms with Crippen molar-refractivity contribution in [2.45, 2.75) is 116 Å². The van der Waals surface area contributed by atoms with Crippen molar-refractivity contribution in [1.82, 2.24) is 0 Å². The minimum atomic E-state index is -0.583. The van der Waals surface area contributed by atoms with E-state index in [-0.39, 0.29) is 0 Å². The van der Waals surface area contributed by atoms with E-state index in [1.54, 1.807) is 0 Å². The lowest BCUT2D eigenvalue weighted by molar-refractivity contribution is 0.282. The maximum atomic E-state index is 13.4. The molecule has 1 radical (unpaired) electrons. The molecule has 0 aliphatic heterocycles. The second-order valence-corrected chi connectivity index (χ2v) is 6.34. The maximum absolute atomic E-state index is 13.4. The van der Waals surface area contributed by atoms with Crippen molar-refractivity contribution in [2.75, 3.05) is 0 Å². The van der Waals surface area contributed by atoms with Crippen molar-refractivity contribution in [3.8, 4) is 0 Å². The van der Waals surface area contributed by atoms with Crippen LogP contribution in [0.25, 0.3) is 0 Å². The Bertz CT molecular complexity index is 194. The normalized spacial score (nSPS) is 14.3. The first-order valence-corrected chi connectivity index (χ1v) is 9.30. The third kappa shape index (κ3) is 16.1. The van der Waals surface area contributed by atoms with E-state index in [2.05, 4.69) is 13.3 Å². The number of alkyl halides is 2. The SMILES string of the molecule is CCCCC(F)CCCC[CH]CCCCCC(F)CCC. The summed E-state index contributed by atoms with van der Waals surface area (Å²) in [5.74, 6) is 0. The third-order valence-corrected chi connectivity index (χ3v) is 4.07. The Labute approximate surface area is 132 Å². The van der Waals surface area contributed by atoms with Crippen LogP contribution in [-0.4, -0.2) is 12.3 Å². The standard InChI is InChI=1S/C19H37F2/c1-3-5-15-19(21)17-13-11-9-7-6-8-10-12-16-18(20)14-4-2/h7,18-19H,3-6,8-17H2,1-2H3. The predicted molar refractivity (Wildman–Crippen MR) is 90.1 cm³/mol. The lowest BCUT2D eigenvalue weighted by Gasteiger charge is -2.07. The van der Waals surface area contributed by atoms with Crippen LogP contribution in [0.2, 0.25) is 0 Å². The number of hydrogen-bond acceptors (Lipinski definition) is 0. The Hall–Kier alpha value is -0.140. The molecule has 127 valence electrons. The zero-order valence-electron chi connectivity index (χ0n) is 14.4. The van der Waals surface area contributed by atoms with Gasteiger partial charge in [0.2, 0.25) is 0 Å². The second kappa shape index (κ2) is 16.2. The van der Waals surface area contributed by atoms with Gasteiger partial charge in [-0.2, -0.15) is 0 Å². The summed E-state index contributed by atoms with van der Waals surface area (Å²) in [5, 5.41) is 0. The Morgan fingerprint density at radius 2 is 1.14 bits per heavy atom. The molecule has 2 unspecified atom stereocenters. The van der Waals surface area contributed by atoms with Gasteiger partial charge in [-0.05, 0) is 32.1 Å². The van der Waals surface area contributed by atoms with Gasteiger partial charge in [-0.1, -0.05) is 78.1 Å². The molecule has 0 spiro atoms. The van der Waals surface area contributed by atoms with Crippen LogP contribution < -0.4 is 0 Å². The Morgan fingerprint density at radius 3 is 1.76 bits per heavy atom. The minimum absolute atomic E-state index is 0.582. The van der Waals surface area contributed by atoms with Gasteiger partial charge >= 0.3 is 0 Å².